The standard InChI is InChI=1S/C18H19N3O/c1-12-10-13(2)21-11-15(16(17(19)22)18(21)20-12)9-8-14-6-4-3-5-7-14/h3-7,10-11H,8-9H2,1-2H3,(H2,19,22). The van der Waals surface area contributed by atoms with Gasteiger partial charge in [0.1, 0.15) is 5.65 Å². The van der Waals surface area contributed by atoms with Crippen molar-refractivity contribution in [1.29, 1.82) is 0 Å². The second kappa shape index (κ2) is 5.64. The van der Waals surface area contributed by atoms with Crippen molar-refractivity contribution >= 4 is 11.6 Å². The molecule has 4 heteroatoms. The lowest BCUT2D eigenvalue weighted by atomic mass is 10.0. The van der Waals surface area contributed by atoms with Gasteiger partial charge in [-0.05, 0) is 43.9 Å². The molecule has 2 N–H and O–H groups in total. The number of fused-ring (bicyclic) bond motifs is 1. The molecule has 0 atom stereocenters. The summed E-state index contributed by atoms with van der Waals surface area (Å²) in [4.78, 5) is 16.4. The fourth-order valence-electron chi connectivity index (χ4n) is 2.88. The number of nitrogens with zero attached hydrogens (tertiary/aromatic N) is 2. The van der Waals surface area contributed by atoms with E-state index in [0.29, 0.717) is 11.2 Å². The molecule has 1 aromatic carbocycles. The summed E-state index contributed by atoms with van der Waals surface area (Å²) in [5.41, 5.74) is 10.9. The number of primary amides is 1. The van der Waals surface area contributed by atoms with E-state index >= 15 is 0 Å². The molecular weight excluding hydrogens is 274 g/mol. The van der Waals surface area contributed by atoms with E-state index < -0.39 is 5.91 Å². The highest BCUT2D eigenvalue weighted by atomic mass is 16.1. The average molecular weight is 293 g/mol. The van der Waals surface area contributed by atoms with Gasteiger partial charge in [-0.2, -0.15) is 0 Å². The fraction of sp³-hybridized carbons (Fsp3) is 0.222. The van der Waals surface area contributed by atoms with E-state index in [4.69, 9.17) is 5.73 Å². The minimum atomic E-state index is -0.414. The summed E-state index contributed by atoms with van der Waals surface area (Å²) < 4.78 is 1.95. The van der Waals surface area contributed by atoms with Crippen molar-refractivity contribution < 1.29 is 4.79 Å². The monoisotopic (exact) mass is 293 g/mol. The van der Waals surface area contributed by atoms with E-state index in [1.165, 1.54) is 5.56 Å². The number of aromatic nitrogens is 2. The third-order valence-corrected chi connectivity index (χ3v) is 3.91. The number of amides is 1. The normalized spacial score (nSPS) is 11.0. The molecule has 0 saturated carbocycles. The van der Waals surface area contributed by atoms with E-state index in [2.05, 4.69) is 17.1 Å². The maximum absolute atomic E-state index is 11.9. The molecule has 3 rings (SSSR count). The Morgan fingerprint density at radius 2 is 1.91 bits per heavy atom. The Balaban J connectivity index is 2.03. The third-order valence-electron chi connectivity index (χ3n) is 3.91. The van der Waals surface area contributed by atoms with Crippen LogP contribution in [0.3, 0.4) is 0 Å². The van der Waals surface area contributed by atoms with Gasteiger partial charge in [-0.3, -0.25) is 4.79 Å². The van der Waals surface area contributed by atoms with Gasteiger partial charge in [0.05, 0.1) is 5.56 Å². The Morgan fingerprint density at radius 3 is 2.59 bits per heavy atom. The second-order valence-electron chi connectivity index (χ2n) is 5.61. The molecular formula is C18H19N3O. The van der Waals surface area contributed by atoms with Gasteiger partial charge >= 0.3 is 0 Å². The average Bonchev–Trinajstić information content (AvgIpc) is 2.85. The van der Waals surface area contributed by atoms with Crippen molar-refractivity contribution in [3.63, 3.8) is 0 Å². The zero-order valence-corrected chi connectivity index (χ0v) is 12.8. The van der Waals surface area contributed by atoms with Gasteiger partial charge in [0, 0.05) is 17.6 Å². The first-order valence-electron chi connectivity index (χ1n) is 7.38. The Labute approximate surface area is 129 Å². The molecule has 0 aliphatic carbocycles. The van der Waals surface area contributed by atoms with Crippen LogP contribution in [-0.2, 0) is 12.8 Å². The first kappa shape index (κ1) is 14.3. The molecule has 2 aromatic heterocycles. The first-order valence-corrected chi connectivity index (χ1v) is 7.38. The SMILES string of the molecule is Cc1cc(C)n2cc(CCc3ccccc3)c(C(N)=O)c2n1. The van der Waals surface area contributed by atoms with Crippen molar-refractivity contribution in [2.75, 3.05) is 0 Å². The van der Waals surface area contributed by atoms with Gasteiger partial charge in [0.2, 0.25) is 0 Å². The topological polar surface area (TPSA) is 60.4 Å². The van der Waals surface area contributed by atoms with Crippen molar-refractivity contribution in [3.05, 3.63) is 70.7 Å². The van der Waals surface area contributed by atoms with Crippen LogP contribution < -0.4 is 5.73 Å². The van der Waals surface area contributed by atoms with Crippen LogP contribution >= 0.6 is 0 Å². The Morgan fingerprint density at radius 1 is 1.18 bits per heavy atom. The zero-order chi connectivity index (χ0) is 15.7. The third kappa shape index (κ3) is 2.60. The van der Waals surface area contributed by atoms with Gasteiger partial charge in [-0.15, -0.1) is 0 Å². The highest BCUT2D eigenvalue weighted by molar-refractivity contribution is 6.00. The van der Waals surface area contributed by atoms with E-state index in [-0.39, 0.29) is 0 Å². The minimum Gasteiger partial charge on any atom is -0.365 e. The van der Waals surface area contributed by atoms with Crippen molar-refractivity contribution in [1.82, 2.24) is 9.38 Å². The summed E-state index contributed by atoms with van der Waals surface area (Å²) in [5.74, 6) is -0.414. The largest absolute Gasteiger partial charge is 0.365 e. The minimum absolute atomic E-state index is 0.414. The smallest absolute Gasteiger partial charge is 0.252 e. The summed E-state index contributed by atoms with van der Waals surface area (Å²) >= 11 is 0. The molecule has 0 radical (unpaired) electrons. The van der Waals surface area contributed by atoms with E-state index in [1.54, 1.807) is 0 Å². The molecule has 0 unspecified atom stereocenters. The number of hydrogen-bond acceptors (Lipinski definition) is 2. The van der Waals surface area contributed by atoms with Gasteiger partial charge in [0.15, 0.2) is 0 Å². The van der Waals surface area contributed by atoms with E-state index in [9.17, 15) is 4.79 Å². The summed E-state index contributed by atoms with van der Waals surface area (Å²) in [5, 5.41) is 0. The van der Waals surface area contributed by atoms with Crippen LogP contribution in [0, 0.1) is 13.8 Å². The Hall–Kier alpha value is -2.62. The first-order chi connectivity index (χ1) is 10.6. The fourth-order valence-corrected chi connectivity index (χ4v) is 2.88. The van der Waals surface area contributed by atoms with Crippen LogP contribution in [0.2, 0.25) is 0 Å². The molecule has 0 saturated heterocycles. The van der Waals surface area contributed by atoms with Crippen LogP contribution in [0.1, 0.15) is 32.9 Å². The predicted octanol–water partition coefficient (Wildman–Crippen LogP) is 2.84. The van der Waals surface area contributed by atoms with Crippen LogP contribution in [0.25, 0.3) is 5.65 Å². The molecule has 22 heavy (non-hydrogen) atoms. The zero-order valence-electron chi connectivity index (χ0n) is 12.8. The van der Waals surface area contributed by atoms with Gasteiger partial charge in [-0.1, -0.05) is 30.3 Å². The quantitative estimate of drug-likeness (QED) is 0.804. The van der Waals surface area contributed by atoms with Crippen LogP contribution in [-0.4, -0.2) is 15.3 Å². The predicted molar refractivity (Wildman–Crippen MR) is 87.0 cm³/mol. The summed E-state index contributed by atoms with van der Waals surface area (Å²) in [6.07, 6.45) is 3.63. The number of carbonyl (C=O) groups is 1. The second-order valence-corrected chi connectivity index (χ2v) is 5.61. The molecule has 2 heterocycles. The summed E-state index contributed by atoms with van der Waals surface area (Å²) in [7, 11) is 0. The van der Waals surface area contributed by atoms with E-state index in [0.717, 1.165) is 29.8 Å². The molecule has 0 aliphatic heterocycles. The molecule has 1 amide bonds. The maximum Gasteiger partial charge on any atom is 0.252 e. The highest BCUT2D eigenvalue weighted by Crippen LogP contribution is 2.21. The Kier molecular flexibility index (Phi) is 3.67. The molecule has 112 valence electrons. The molecule has 0 fully saturated rings. The lowest BCUT2D eigenvalue weighted by Gasteiger charge is -2.03. The van der Waals surface area contributed by atoms with Gasteiger partial charge < -0.3 is 10.1 Å². The van der Waals surface area contributed by atoms with Gasteiger partial charge in [-0.25, -0.2) is 4.98 Å². The number of hydrogen-bond donors (Lipinski definition) is 1. The van der Waals surface area contributed by atoms with Crippen molar-refractivity contribution in [2.24, 2.45) is 5.73 Å². The molecule has 0 aliphatic rings. The number of aryl methyl sites for hydroxylation is 4. The summed E-state index contributed by atoms with van der Waals surface area (Å²) in [6.45, 7) is 3.93. The molecule has 0 bridgehead atoms. The Bertz CT molecular complexity index is 834. The van der Waals surface area contributed by atoms with Gasteiger partial charge in [0.25, 0.3) is 5.91 Å². The number of carbonyl (C=O) groups excluding carboxylic acids is 1. The number of rotatable bonds is 4. The summed E-state index contributed by atoms with van der Waals surface area (Å²) in [6, 6.07) is 12.2. The van der Waals surface area contributed by atoms with Crippen LogP contribution in [0.4, 0.5) is 0 Å². The number of benzene rings is 1. The maximum atomic E-state index is 11.9. The number of nitrogens with two attached hydrogens (primary N) is 1. The van der Waals surface area contributed by atoms with Crippen LogP contribution in [0.15, 0.2) is 42.6 Å². The van der Waals surface area contributed by atoms with Crippen molar-refractivity contribution in [2.45, 2.75) is 26.7 Å². The lowest BCUT2D eigenvalue weighted by Crippen LogP contribution is -2.14. The molecule has 0 spiro atoms. The highest BCUT2D eigenvalue weighted by Gasteiger charge is 2.18. The van der Waals surface area contributed by atoms with Crippen molar-refractivity contribution in [3.8, 4) is 0 Å². The lowest BCUT2D eigenvalue weighted by molar-refractivity contribution is 0.100. The molecule has 4 nitrogen and oxygen atoms in total. The van der Waals surface area contributed by atoms with E-state index in [1.807, 2.05) is 48.7 Å². The molecule has 3 aromatic rings. The van der Waals surface area contributed by atoms with Crippen LogP contribution in [0.5, 0.6) is 0 Å².